The summed E-state index contributed by atoms with van der Waals surface area (Å²) in [6.07, 6.45) is 1.43. The highest BCUT2D eigenvalue weighted by molar-refractivity contribution is 9.10. The number of benzene rings is 2. The Morgan fingerprint density at radius 1 is 1.11 bits per heavy atom. The Kier molecular flexibility index (Phi) is 6.64. The maximum atomic E-state index is 13.7. The van der Waals surface area contributed by atoms with Crippen molar-refractivity contribution in [3.05, 3.63) is 113 Å². The molecular formula is C28H23BrN2O4S. The average Bonchev–Trinajstić information content (AvgIpc) is 3.43. The van der Waals surface area contributed by atoms with E-state index in [1.165, 1.54) is 11.3 Å². The predicted molar refractivity (Wildman–Crippen MR) is 143 cm³/mol. The van der Waals surface area contributed by atoms with Gasteiger partial charge in [-0.3, -0.25) is 9.36 Å². The van der Waals surface area contributed by atoms with Crippen molar-refractivity contribution >= 4 is 39.3 Å². The van der Waals surface area contributed by atoms with E-state index in [1.54, 1.807) is 31.4 Å². The number of carbonyl (C=O) groups is 1. The quantitative estimate of drug-likeness (QED) is 0.313. The summed E-state index contributed by atoms with van der Waals surface area (Å²) in [5, 5.41) is 0. The normalized spacial score (nSPS) is 15.7. The third-order valence-electron chi connectivity index (χ3n) is 5.73. The molecule has 182 valence electrons. The lowest BCUT2D eigenvalue weighted by Gasteiger charge is -2.25. The van der Waals surface area contributed by atoms with Gasteiger partial charge >= 0.3 is 5.97 Å². The number of halogens is 1. The fourth-order valence-electron chi connectivity index (χ4n) is 4.14. The number of ether oxygens (including phenoxy) is 1. The molecule has 2 aromatic carbocycles. The van der Waals surface area contributed by atoms with E-state index in [0.29, 0.717) is 32.1 Å². The van der Waals surface area contributed by atoms with E-state index >= 15 is 0 Å². The van der Waals surface area contributed by atoms with Gasteiger partial charge in [0.25, 0.3) is 5.56 Å². The van der Waals surface area contributed by atoms with Crippen molar-refractivity contribution in [3.63, 3.8) is 0 Å². The van der Waals surface area contributed by atoms with Crippen LogP contribution in [0.5, 0.6) is 0 Å². The van der Waals surface area contributed by atoms with Crippen LogP contribution in [-0.2, 0) is 9.53 Å². The van der Waals surface area contributed by atoms with E-state index in [-0.39, 0.29) is 11.7 Å². The molecule has 1 aliphatic heterocycles. The van der Waals surface area contributed by atoms with Crippen LogP contribution >= 0.6 is 27.3 Å². The molecule has 36 heavy (non-hydrogen) atoms. The lowest BCUT2D eigenvalue weighted by Crippen LogP contribution is -2.40. The van der Waals surface area contributed by atoms with E-state index in [1.807, 2.05) is 66.7 Å². The molecular weight excluding hydrogens is 540 g/mol. The van der Waals surface area contributed by atoms with E-state index in [4.69, 9.17) is 9.15 Å². The molecule has 0 radical (unpaired) electrons. The van der Waals surface area contributed by atoms with Crippen LogP contribution < -0.4 is 14.9 Å². The summed E-state index contributed by atoms with van der Waals surface area (Å²) >= 11 is 4.71. The van der Waals surface area contributed by atoms with Gasteiger partial charge in [0, 0.05) is 16.1 Å². The van der Waals surface area contributed by atoms with Crippen molar-refractivity contribution in [2.45, 2.75) is 32.9 Å². The molecule has 1 aliphatic rings. The lowest BCUT2D eigenvalue weighted by atomic mass is 9.96. The van der Waals surface area contributed by atoms with Crippen molar-refractivity contribution in [1.82, 2.24) is 4.57 Å². The Morgan fingerprint density at radius 3 is 2.53 bits per heavy atom. The number of rotatable bonds is 5. The molecule has 0 bridgehead atoms. The fourth-order valence-corrected chi connectivity index (χ4v) is 5.43. The zero-order chi connectivity index (χ0) is 25.4. The predicted octanol–water partition coefficient (Wildman–Crippen LogP) is 5.21. The van der Waals surface area contributed by atoms with E-state index in [0.717, 1.165) is 15.6 Å². The molecule has 5 rings (SSSR count). The van der Waals surface area contributed by atoms with Crippen molar-refractivity contribution in [3.8, 4) is 11.3 Å². The first-order chi connectivity index (χ1) is 17.3. The minimum atomic E-state index is -0.634. The van der Waals surface area contributed by atoms with E-state index in [9.17, 15) is 9.59 Å². The largest absolute Gasteiger partial charge is 0.459 e. The number of carbonyl (C=O) groups excluding carboxylic acids is 1. The smallest absolute Gasteiger partial charge is 0.338 e. The van der Waals surface area contributed by atoms with Crippen LogP contribution in [0.1, 0.15) is 38.1 Å². The first kappa shape index (κ1) is 24.2. The molecule has 0 saturated heterocycles. The Hall–Kier alpha value is -3.49. The second-order valence-corrected chi connectivity index (χ2v) is 10.6. The first-order valence-corrected chi connectivity index (χ1v) is 13.1. The van der Waals surface area contributed by atoms with Crippen molar-refractivity contribution in [2.75, 3.05) is 0 Å². The van der Waals surface area contributed by atoms with Crippen LogP contribution in [-0.4, -0.2) is 16.6 Å². The van der Waals surface area contributed by atoms with Crippen LogP contribution in [0.25, 0.3) is 17.4 Å². The molecule has 0 aliphatic carbocycles. The molecule has 0 amide bonds. The Labute approximate surface area is 220 Å². The number of hydrogen-bond acceptors (Lipinski definition) is 6. The average molecular weight is 563 g/mol. The molecule has 2 aromatic heterocycles. The highest BCUT2D eigenvalue weighted by Gasteiger charge is 2.33. The van der Waals surface area contributed by atoms with Crippen LogP contribution in [0.3, 0.4) is 0 Å². The summed E-state index contributed by atoms with van der Waals surface area (Å²) in [6.45, 7) is 5.37. The highest BCUT2D eigenvalue weighted by Crippen LogP contribution is 2.31. The van der Waals surface area contributed by atoms with Gasteiger partial charge in [0.2, 0.25) is 0 Å². The topological polar surface area (TPSA) is 73.8 Å². The zero-order valence-electron chi connectivity index (χ0n) is 19.9. The molecule has 0 fully saturated rings. The minimum Gasteiger partial charge on any atom is -0.459 e. The van der Waals surface area contributed by atoms with Gasteiger partial charge in [-0.05, 0) is 50.6 Å². The van der Waals surface area contributed by atoms with Crippen molar-refractivity contribution in [1.29, 1.82) is 0 Å². The number of aromatic nitrogens is 1. The molecule has 1 unspecified atom stereocenters. The molecule has 3 heterocycles. The van der Waals surface area contributed by atoms with Gasteiger partial charge in [-0.15, -0.1) is 0 Å². The standard InChI is InChI=1S/C28H23BrN2O4S/c1-16(2)34-27(33)24-17(3)30-28-31(25(24)19-7-5-4-6-8-19)26(32)23(36-28)15-21-13-14-22(35-21)18-9-11-20(29)12-10-18/h4-16,25H,1-3H3. The van der Waals surface area contributed by atoms with Crippen LogP contribution in [0, 0.1) is 0 Å². The van der Waals surface area contributed by atoms with Crippen LogP contribution in [0.15, 0.2) is 96.7 Å². The Morgan fingerprint density at radius 2 is 1.83 bits per heavy atom. The number of esters is 1. The summed E-state index contributed by atoms with van der Waals surface area (Å²) in [4.78, 5) is 31.9. The number of thiazole rings is 1. The van der Waals surface area contributed by atoms with Gasteiger partial charge in [-0.25, -0.2) is 9.79 Å². The molecule has 0 saturated carbocycles. The van der Waals surface area contributed by atoms with Gasteiger partial charge in [-0.2, -0.15) is 0 Å². The van der Waals surface area contributed by atoms with Gasteiger partial charge < -0.3 is 9.15 Å². The van der Waals surface area contributed by atoms with E-state index < -0.39 is 12.0 Å². The lowest BCUT2D eigenvalue weighted by molar-refractivity contribution is -0.143. The molecule has 1 atom stereocenters. The third kappa shape index (κ3) is 4.66. The van der Waals surface area contributed by atoms with Crippen LogP contribution in [0.4, 0.5) is 0 Å². The number of hydrogen-bond donors (Lipinski definition) is 0. The summed E-state index contributed by atoms with van der Waals surface area (Å²) < 4.78 is 14.6. The number of nitrogens with zero attached hydrogens (tertiary/aromatic N) is 2. The number of allylic oxidation sites excluding steroid dienone is 1. The second-order valence-electron chi connectivity index (χ2n) is 8.66. The fraction of sp³-hybridized carbons (Fsp3) is 0.179. The van der Waals surface area contributed by atoms with Crippen LogP contribution in [0.2, 0.25) is 0 Å². The number of fused-ring (bicyclic) bond motifs is 1. The van der Waals surface area contributed by atoms with Crippen molar-refractivity contribution in [2.24, 2.45) is 4.99 Å². The highest BCUT2D eigenvalue weighted by atomic mass is 79.9. The Bertz CT molecular complexity index is 1640. The summed E-state index contributed by atoms with van der Waals surface area (Å²) in [7, 11) is 0. The maximum Gasteiger partial charge on any atom is 0.338 e. The minimum absolute atomic E-state index is 0.239. The maximum absolute atomic E-state index is 13.7. The van der Waals surface area contributed by atoms with Gasteiger partial charge in [0.05, 0.1) is 27.9 Å². The molecule has 0 N–H and O–H groups in total. The summed E-state index contributed by atoms with van der Waals surface area (Å²) in [5.74, 6) is 0.794. The Balaban J connectivity index is 1.62. The SMILES string of the molecule is CC1=C(C(=O)OC(C)C)C(c2ccccc2)n2c(sc(=Cc3ccc(-c4ccc(Br)cc4)o3)c2=O)=N1. The molecule has 8 heteroatoms. The monoisotopic (exact) mass is 562 g/mol. The number of furan rings is 1. The zero-order valence-corrected chi connectivity index (χ0v) is 22.3. The van der Waals surface area contributed by atoms with Crippen molar-refractivity contribution < 1.29 is 13.9 Å². The van der Waals surface area contributed by atoms with Gasteiger partial charge in [0.15, 0.2) is 4.80 Å². The molecule has 0 spiro atoms. The van der Waals surface area contributed by atoms with Gasteiger partial charge in [0.1, 0.15) is 11.5 Å². The summed E-state index contributed by atoms with van der Waals surface area (Å²) in [5.41, 5.74) is 2.41. The van der Waals surface area contributed by atoms with E-state index in [2.05, 4.69) is 20.9 Å². The third-order valence-corrected chi connectivity index (χ3v) is 7.24. The molecule has 6 nitrogen and oxygen atoms in total. The first-order valence-electron chi connectivity index (χ1n) is 11.5. The second kappa shape index (κ2) is 9.87. The van der Waals surface area contributed by atoms with Gasteiger partial charge in [-0.1, -0.05) is 69.7 Å². The summed E-state index contributed by atoms with van der Waals surface area (Å²) in [6, 6.07) is 20.4. The molecule has 4 aromatic rings.